The molecular weight excluding hydrogens is 315 g/mol. The van der Waals surface area contributed by atoms with Gasteiger partial charge in [0.25, 0.3) is 0 Å². The zero-order valence-corrected chi connectivity index (χ0v) is 13.9. The maximum Gasteiger partial charge on any atom is 0.240 e. The van der Waals surface area contributed by atoms with E-state index in [-0.39, 0.29) is 24.1 Å². The molecule has 0 aliphatic heterocycles. The Labute approximate surface area is 142 Å². The normalized spacial score (nSPS) is 11.4. The van der Waals surface area contributed by atoms with Crippen molar-refractivity contribution in [2.45, 2.75) is 25.9 Å². The minimum Gasteiger partial charge on any atom is -0.337 e. The molecule has 3 nitrogen and oxygen atoms in total. The second-order valence-electron chi connectivity index (χ2n) is 5.28. The summed E-state index contributed by atoms with van der Waals surface area (Å²) >= 11 is 0. The number of halogens is 2. The molecule has 0 aliphatic carbocycles. The van der Waals surface area contributed by atoms with Crippen molar-refractivity contribution in [1.82, 2.24) is 4.90 Å². The number of rotatable bonds is 6. The molecule has 0 aromatic heterocycles. The number of nitrogens with two attached hydrogens (primary N) is 1. The first-order valence-corrected chi connectivity index (χ1v) is 7.43. The first-order valence-electron chi connectivity index (χ1n) is 7.43. The van der Waals surface area contributed by atoms with Gasteiger partial charge < -0.3 is 10.6 Å². The van der Waals surface area contributed by atoms with Crippen LogP contribution in [0.25, 0.3) is 0 Å². The van der Waals surface area contributed by atoms with E-state index in [2.05, 4.69) is 0 Å². The Morgan fingerprint density at radius 1 is 1.13 bits per heavy atom. The van der Waals surface area contributed by atoms with E-state index in [1.54, 1.807) is 11.0 Å². The number of nitrogens with zero attached hydrogens (tertiary/aromatic N) is 1. The summed E-state index contributed by atoms with van der Waals surface area (Å²) in [5.74, 6) is -0.412. The van der Waals surface area contributed by atoms with Crippen LogP contribution in [0.5, 0.6) is 0 Å². The van der Waals surface area contributed by atoms with Crippen LogP contribution in [0, 0.1) is 5.82 Å². The summed E-state index contributed by atoms with van der Waals surface area (Å²) < 4.78 is 13.2. The van der Waals surface area contributed by atoms with Crippen molar-refractivity contribution in [2.75, 3.05) is 6.54 Å². The van der Waals surface area contributed by atoms with Crippen molar-refractivity contribution in [1.29, 1.82) is 0 Å². The molecule has 1 unspecified atom stereocenters. The smallest absolute Gasteiger partial charge is 0.240 e. The minimum absolute atomic E-state index is 0. The fourth-order valence-corrected chi connectivity index (χ4v) is 2.39. The highest BCUT2D eigenvalue weighted by Crippen LogP contribution is 2.10. The number of hydrogen-bond donors (Lipinski definition) is 1. The van der Waals surface area contributed by atoms with Crippen LogP contribution >= 0.6 is 12.4 Å². The molecule has 0 saturated heterocycles. The quantitative estimate of drug-likeness (QED) is 0.880. The number of carbonyl (C=O) groups excluding carboxylic acids is 1. The SMILES string of the molecule is CCN(Cc1cccc(F)c1)C(=O)C(N)Cc1ccccc1.Cl. The van der Waals surface area contributed by atoms with E-state index >= 15 is 0 Å². The fourth-order valence-electron chi connectivity index (χ4n) is 2.39. The third kappa shape index (κ3) is 5.66. The summed E-state index contributed by atoms with van der Waals surface area (Å²) in [6.07, 6.45) is 0.499. The summed E-state index contributed by atoms with van der Waals surface area (Å²) in [7, 11) is 0. The van der Waals surface area contributed by atoms with Gasteiger partial charge in [-0.2, -0.15) is 0 Å². The highest BCUT2D eigenvalue weighted by atomic mass is 35.5. The molecule has 0 bridgehead atoms. The van der Waals surface area contributed by atoms with E-state index in [9.17, 15) is 9.18 Å². The third-order valence-corrected chi connectivity index (χ3v) is 3.57. The Balaban J connectivity index is 0.00000264. The lowest BCUT2D eigenvalue weighted by atomic mass is 10.1. The van der Waals surface area contributed by atoms with Crippen LogP contribution in [-0.2, 0) is 17.8 Å². The van der Waals surface area contributed by atoms with E-state index in [1.807, 2.05) is 43.3 Å². The van der Waals surface area contributed by atoms with Crippen LogP contribution < -0.4 is 5.73 Å². The van der Waals surface area contributed by atoms with Crippen LogP contribution in [-0.4, -0.2) is 23.4 Å². The average Bonchev–Trinajstić information content (AvgIpc) is 2.53. The van der Waals surface area contributed by atoms with Crippen LogP contribution in [0.1, 0.15) is 18.1 Å². The van der Waals surface area contributed by atoms with Gasteiger partial charge in [-0.05, 0) is 36.6 Å². The van der Waals surface area contributed by atoms with E-state index in [4.69, 9.17) is 5.73 Å². The maximum atomic E-state index is 13.2. The predicted molar refractivity (Wildman–Crippen MR) is 92.9 cm³/mol. The second-order valence-corrected chi connectivity index (χ2v) is 5.28. The van der Waals surface area contributed by atoms with Gasteiger partial charge in [-0.15, -0.1) is 12.4 Å². The minimum atomic E-state index is -0.587. The van der Waals surface area contributed by atoms with Crippen molar-refractivity contribution < 1.29 is 9.18 Å². The van der Waals surface area contributed by atoms with Crippen molar-refractivity contribution in [2.24, 2.45) is 5.73 Å². The van der Waals surface area contributed by atoms with E-state index in [0.717, 1.165) is 11.1 Å². The van der Waals surface area contributed by atoms with E-state index < -0.39 is 6.04 Å². The van der Waals surface area contributed by atoms with Gasteiger partial charge in [0.2, 0.25) is 5.91 Å². The standard InChI is InChI=1S/C18H21FN2O.ClH/c1-2-21(13-15-9-6-10-16(19)11-15)18(22)17(20)12-14-7-4-3-5-8-14;/h3-11,17H,2,12-13,20H2,1H3;1H. The molecule has 1 amide bonds. The van der Waals surface area contributed by atoms with Gasteiger partial charge in [-0.1, -0.05) is 42.5 Å². The van der Waals surface area contributed by atoms with Crippen LogP contribution in [0.2, 0.25) is 0 Å². The zero-order chi connectivity index (χ0) is 15.9. The Hall–Kier alpha value is -1.91. The van der Waals surface area contributed by atoms with Crippen molar-refractivity contribution in [3.05, 3.63) is 71.5 Å². The second kappa shape index (κ2) is 9.28. The van der Waals surface area contributed by atoms with Crippen LogP contribution in [0.3, 0.4) is 0 Å². The van der Waals surface area contributed by atoms with Gasteiger partial charge in [0, 0.05) is 13.1 Å². The molecule has 23 heavy (non-hydrogen) atoms. The molecule has 1 atom stereocenters. The predicted octanol–water partition coefficient (Wildman–Crippen LogP) is 3.17. The summed E-state index contributed by atoms with van der Waals surface area (Å²) in [5, 5.41) is 0. The van der Waals surface area contributed by atoms with Gasteiger partial charge in [0.15, 0.2) is 0 Å². The molecule has 0 aliphatic rings. The molecule has 0 saturated carbocycles. The molecule has 0 radical (unpaired) electrons. The number of carbonyl (C=O) groups is 1. The molecule has 2 N–H and O–H groups in total. The van der Waals surface area contributed by atoms with Gasteiger partial charge in [-0.3, -0.25) is 4.79 Å². The summed E-state index contributed by atoms with van der Waals surface area (Å²) in [4.78, 5) is 14.1. The Kier molecular flexibility index (Phi) is 7.72. The molecule has 5 heteroatoms. The van der Waals surface area contributed by atoms with Crippen LogP contribution in [0.15, 0.2) is 54.6 Å². The summed E-state index contributed by atoms with van der Waals surface area (Å²) in [5.41, 5.74) is 7.84. The number of hydrogen-bond acceptors (Lipinski definition) is 2. The van der Waals surface area contributed by atoms with Crippen molar-refractivity contribution in [3.8, 4) is 0 Å². The first kappa shape index (κ1) is 19.1. The lowest BCUT2D eigenvalue weighted by molar-refractivity contribution is -0.133. The van der Waals surface area contributed by atoms with Gasteiger partial charge in [-0.25, -0.2) is 4.39 Å². The highest BCUT2D eigenvalue weighted by Gasteiger charge is 2.20. The van der Waals surface area contributed by atoms with E-state index in [1.165, 1.54) is 12.1 Å². The van der Waals surface area contributed by atoms with Crippen molar-refractivity contribution >= 4 is 18.3 Å². The molecule has 0 fully saturated rings. The lowest BCUT2D eigenvalue weighted by Crippen LogP contribution is -2.44. The average molecular weight is 337 g/mol. The fraction of sp³-hybridized carbons (Fsp3) is 0.278. The summed E-state index contributed by atoms with van der Waals surface area (Å²) in [6, 6.07) is 15.4. The van der Waals surface area contributed by atoms with Gasteiger partial charge in [0.1, 0.15) is 5.82 Å². The Morgan fingerprint density at radius 3 is 2.39 bits per heavy atom. The topological polar surface area (TPSA) is 46.3 Å². The van der Waals surface area contributed by atoms with Crippen LogP contribution in [0.4, 0.5) is 4.39 Å². The molecule has 2 aromatic rings. The molecule has 2 rings (SSSR count). The Bertz CT molecular complexity index is 621. The number of amides is 1. The molecule has 0 heterocycles. The van der Waals surface area contributed by atoms with Gasteiger partial charge in [0.05, 0.1) is 6.04 Å². The highest BCUT2D eigenvalue weighted by molar-refractivity contribution is 5.85. The van der Waals surface area contributed by atoms with E-state index in [0.29, 0.717) is 19.5 Å². The molecule has 0 spiro atoms. The van der Waals surface area contributed by atoms with Gasteiger partial charge >= 0.3 is 0 Å². The number of likely N-dealkylation sites (N-methyl/N-ethyl adjacent to an activating group) is 1. The first-order chi connectivity index (χ1) is 10.6. The largest absolute Gasteiger partial charge is 0.337 e. The lowest BCUT2D eigenvalue weighted by Gasteiger charge is -2.24. The summed E-state index contributed by atoms with van der Waals surface area (Å²) in [6.45, 7) is 2.81. The Morgan fingerprint density at radius 2 is 1.78 bits per heavy atom. The maximum absolute atomic E-state index is 13.2. The molecule has 124 valence electrons. The monoisotopic (exact) mass is 336 g/mol. The number of benzene rings is 2. The zero-order valence-electron chi connectivity index (χ0n) is 13.1. The van der Waals surface area contributed by atoms with Crippen molar-refractivity contribution in [3.63, 3.8) is 0 Å². The molecule has 2 aromatic carbocycles. The molecular formula is C18H22ClFN2O. The third-order valence-electron chi connectivity index (χ3n) is 3.57.